The minimum absolute atomic E-state index is 0.0911. The summed E-state index contributed by atoms with van der Waals surface area (Å²) in [5.74, 6) is 0.533. The molecule has 0 aliphatic heterocycles. The fourth-order valence-electron chi connectivity index (χ4n) is 1.29. The van der Waals surface area contributed by atoms with Crippen molar-refractivity contribution in [2.75, 3.05) is 13.2 Å². The Morgan fingerprint density at radius 2 is 2.19 bits per heavy atom. The van der Waals surface area contributed by atoms with Crippen molar-refractivity contribution < 1.29 is 9.53 Å². The highest BCUT2D eigenvalue weighted by Crippen LogP contribution is 2.23. The zero-order chi connectivity index (χ0) is 12.0. The maximum atomic E-state index is 11.8. The number of nitrogens with one attached hydrogen (secondary N) is 1. The Morgan fingerprint density at radius 3 is 2.81 bits per heavy atom. The fraction of sp³-hybridized carbons (Fsp3) is 0.417. The molecule has 0 aromatic heterocycles. The molecule has 0 atom stereocenters. The second-order valence-electron chi connectivity index (χ2n) is 3.33. The number of hydrogen-bond donors (Lipinski definition) is 1. The number of benzene rings is 1. The molecule has 3 nitrogen and oxygen atoms in total. The minimum atomic E-state index is -0.0911. The lowest BCUT2D eigenvalue weighted by Crippen LogP contribution is -2.24. The van der Waals surface area contributed by atoms with Crippen LogP contribution in [0.2, 0.25) is 0 Å². The van der Waals surface area contributed by atoms with Crippen molar-refractivity contribution in [3.8, 4) is 5.75 Å². The van der Waals surface area contributed by atoms with Crippen LogP contribution in [-0.4, -0.2) is 19.1 Å². The Balaban J connectivity index is 2.90. The molecule has 1 aromatic carbocycles. The van der Waals surface area contributed by atoms with E-state index in [1.165, 1.54) is 0 Å². The van der Waals surface area contributed by atoms with Gasteiger partial charge in [0.2, 0.25) is 0 Å². The Morgan fingerprint density at radius 1 is 1.44 bits per heavy atom. The first kappa shape index (κ1) is 13.0. The number of ether oxygens (including phenoxy) is 1. The first-order chi connectivity index (χ1) is 7.69. The van der Waals surface area contributed by atoms with E-state index in [-0.39, 0.29) is 5.91 Å². The van der Waals surface area contributed by atoms with Crippen LogP contribution in [0.25, 0.3) is 0 Å². The molecule has 1 rings (SSSR count). The molecule has 0 radical (unpaired) electrons. The molecule has 0 fully saturated rings. The van der Waals surface area contributed by atoms with Gasteiger partial charge in [-0.05, 0) is 31.5 Å². The van der Waals surface area contributed by atoms with Crippen LogP contribution in [0.5, 0.6) is 5.75 Å². The summed E-state index contributed by atoms with van der Waals surface area (Å²) < 4.78 is 6.28. The molecule has 4 heteroatoms. The smallest absolute Gasteiger partial charge is 0.255 e. The summed E-state index contributed by atoms with van der Waals surface area (Å²) in [6.45, 7) is 5.15. The number of amides is 1. The molecule has 88 valence electrons. The highest BCUT2D eigenvalue weighted by molar-refractivity contribution is 9.10. The van der Waals surface area contributed by atoms with Gasteiger partial charge in [0.1, 0.15) is 5.75 Å². The highest BCUT2D eigenvalue weighted by Gasteiger charge is 2.12. The SMILES string of the molecule is CCCNC(=O)c1cc(Br)ccc1OCC. The molecule has 0 saturated heterocycles. The summed E-state index contributed by atoms with van der Waals surface area (Å²) in [4.78, 5) is 11.8. The van der Waals surface area contributed by atoms with Gasteiger partial charge in [0, 0.05) is 11.0 Å². The predicted molar refractivity (Wildman–Crippen MR) is 67.9 cm³/mol. The van der Waals surface area contributed by atoms with E-state index in [2.05, 4.69) is 21.2 Å². The van der Waals surface area contributed by atoms with Crippen molar-refractivity contribution in [3.05, 3.63) is 28.2 Å². The number of hydrogen-bond acceptors (Lipinski definition) is 2. The third-order valence-corrected chi connectivity index (χ3v) is 2.51. The van der Waals surface area contributed by atoms with E-state index in [0.717, 1.165) is 10.9 Å². The third kappa shape index (κ3) is 3.52. The molecule has 1 amide bonds. The maximum absolute atomic E-state index is 11.8. The van der Waals surface area contributed by atoms with Gasteiger partial charge >= 0.3 is 0 Å². The van der Waals surface area contributed by atoms with E-state index in [1.807, 2.05) is 19.9 Å². The minimum Gasteiger partial charge on any atom is -0.493 e. The van der Waals surface area contributed by atoms with Gasteiger partial charge in [-0.15, -0.1) is 0 Å². The van der Waals surface area contributed by atoms with Gasteiger partial charge in [0.15, 0.2) is 0 Å². The number of rotatable bonds is 5. The van der Waals surface area contributed by atoms with E-state index in [9.17, 15) is 4.79 Å². The lowest BCUT2D eigenvalue weighted by atomic mass is 10.2. The van der Waals surface area contributed by atoms with Crippen molar-refractivity contribution in [2.24, 2.45) is 0 Å². The average molecular weight is 286 g/mol. The number of halogens is 1. The molecule has 0 heterocycles. The lowest BCUT2D eigenvalue weighted by molar-refractivity contribution is 0.0950. The molecule has 0 aliphatic rings. The van der Waals surface area contributed by atoms with Gasteiger partial charge in [-0.2, -0.15) is 0 Å². The molecule has 0 unspecified atom stereocenters. The van der Waals surface area contributed by atoms with Crippen molar-refractivity contribution in [2.45, 2.75) is 20.3 Å². The molecular weight excluding hydrogens is 270 g/mol. The Bertz CT molecular complexity index is 366. The Labute approximate surface area is 104 Å². The van der Waals surface area contributed by atoms with Crippen molar-refractivity contribution in [1.82, 2.24) is 5.32 Å². The first-order valence-electron chi connectivity index (χ1n) is 5.39. The fourth-order valence-corrected chi connectivity index (χ4v) is 1.66. The highest BCUT2D eigenvalue weighted by atomic mass is 79.9. The summed E-state index contributed by atoms with van der Waals surface area (Å²) >= 11 is 3.35. The monoisotopic (exact) mass is 285 g/mol. The summed E-state index contributed by atoms with van der Waals surface area (Å²) in [5.41, 5.74) is 0.574. The van der Waals surface area contributed by atoms with Crippen LogP contribution in [0.3, 0.4) is 0 Å². The van der Waals surface area contributed by atoms with Crippen molar-refractivity contribution in [1.29, 1.82) is 0 Å². The van der Waals surface area contributed by atoms with Gasteiger partial charge in [-0.3, -0.25) is 4.79 Å². The second kappa shape index (κ2) is 6.53. The van der Waals surface area contributed by atoms with E-state index >= 15 is 0 Å². The third-order valence-electron chi connectivity index (χ3n) is 2.02. The van der Waals surface area contributed by atoms with Crippen LogP contribution in [0, 0.1) is 0 Å². The van der Waals surface area contributed by atoms with Crippen LogP contribution in [0.4, 0.5) is 0 Å². The van der Waals surface area contributed by atoms with Gasteiger partial charge in [-0.1, -0.05) is 22.9 Å². The van der Waals surface area contributed by atoms with Crippen LogP contribution < -0.4 is 10.1 Å². The Kier molecular flexibility index (Phi) is 5.32. The largest absolute Gasteiger partial charge is 0.493 e. The molecular formula is C12H16BrNO2. The normalized spacial score (nSPS) is 9.94. The van der Waals surface area contributed by atoms with Gasteiger partial charge in [0.25, 0.3) is 5.91 Å². The first-order valence-corrected chi connectivity index (χ1v) is 6.18. The van der Waals surface area contributed by atoms with Gasteiger partial charge < -0.3 is 10.1 Å². The van der Waals surface area contributed by atoms with Crippen molar-refractivity contribution in [3.63, 3.8) is 0 Å². The molecule has 1 N–H and O–H groups in total. The van der Waals surface area contributed by atoms with E-state index < -0.39 is 0 Å². The quantitative estimate of drug-likeness (QED) is 0.903. The zero-order valence-electron chi connectivity index (χ0n) is 9.55. The van der Waals surface area contributed by atoms with Crippen LogP contribution >= 0.6 is 15.9 Å². The van der Waals surface area contributed by atoms with E-state index in [1.54, 1.807) is 12.1 Å². The van der Waals surface area contributed by atoms with Gasteiger partial charge in [0.05, 0.1) is 12.2 Å². The van der Waals surface area contributed by atoms with Gasteiger partial charge in [-0.25, -0.2) is 0 Å². The summed E-state index contributed by atoms with van der Waals surface area (Å²) in [6.07, 6.45) is 0.920. The maximum Gasteiger partial charge on any atom is 0.255 e. The Hall–Kier alpha value is -1.03. The molecule has 0 bridgehead atoms. The van der Waals surface area contributed by atoms with Crippen molar-refractivity contribution >= 4 is 21.8 Å². The van der Waals surface area contributed by atoms with E-state index in [4.69, 9.17) is 4.74 Å². The molecule has 1 aromatic rings. The van der Waals surface area contributed by atoms with Crippen LogP contribution in [0.1, 0.15) is 30.6 Å². The summed E-state index contributed by atoms with van der Waals surface area (Å²) in [6, 6.07) is 5.44. The molecule has 0 saturated carbocycles. The molecule has 0 aliphatic carbocycles. The second-order valence-corrected chi connectivity index (χ2v) is 4.25. The standard InChI is InChI=1S/C12H16BrNO2/c1-3-7-14-12(15)10-8-9(13)5-6-11(10)16-4-2/h5-6,8H,3-4,7H2,1-2H3,(H,14,15). The summed E-state index contributed by atoms with van der Waals surface area (Å²) in [5, 5.41) is 2.83. The predicted octanol–water partition coefficient (Wildman–Crippen LogP) is 2.99. The molecule has 16 heavy (non-hydrogen) atoms. The van der Waals surface area contributed by atoms with Crippen LogP contribution in [-0.2, 0) is 0 Å². The van der Waals surface area contributed by atoms with E-state index in [0.29, 0.717) is 24.5 Å². The zero-order valence-corrected chi connectivity index (χ0v) is 11.1. The lowest BCUT2D eigenvalue weighted by Gasteiger charge is -2.10. The molecule has 0 spiro atoms. The van der Waals surface area contributed by atoms with Crippen LogP contribution in [0.15, 0.2) is 22.7 Å². The number of carbonyl (C=O) groups excluding carboxylic acids is 1. The number of carbonyl (C=O) groups is 1. The topological polar surface area (TPSA) is 38.3 Å². The summed E-state index contributed by atoms with van der Waals surface area (Å²) in [7, 11) is 0. The average Bonchev–Trinajstić information content (AvgIpc) is 2.28.